The van der Waals surface area contributed by atoms with Crippen molar-refractivity contribution in [1.29, 1.82) is 0 Å². The summed E-state index contributed by atoms with van der Waals surface area (Å²) in [5.41, 5.74) is 3.89. The van der Waals surface area contributed by atoms with Crippen LogP contribution >= 0.6 is 11.3 Å². The zero-order chi connectivity index (χ0) is 9.97. The molecule has 3 nitrogen and oxygen atoms in total. The largest absolute Gasteiger partial charge is 0.363 e. The van der Waals surface area contributed by atoms with Crippen LogP contribution in [-0.4, -0.2) is 24.1 Å². The summed E-state index contributed by atoms with van der Waals surface area (Å²) in [6, 6.07) is 4.03. The molecule has 0 spiro atoms. The molecule has 0 bridgehead atoms. The maximum absolute atomic E-state index is 4.32. The quantitative estimate of drug-likeness (QED) is 0.753. The van der Waals surface area contributed by atoms with Gasteiger partial charge in [0.05, 0.1) is 11.2 Å². The summed E-state index contributed by atoms with van der Waals surface area (Å²) in [4.78, 5) is 10.5. The van der Waals surface area contributed by atoms with Gasteiger partial charge in [-0.1, -0.05) is 0 Å². The van der Waals surface area contributed by atoms with Crippen LogP contribution in [0.5, 0.6) is 0 Å². The lowest BCUT2D eigenvalue weighted by Gasteiger charge is -2.10. The van der Waals surface area contributed by atoms with Crippen LogP contribution in [0.2, 0.25) is 0 Å². The van der Waals surface area contributed by atoms with Crippen LogP contribution in [0.1, 0.15) is 0 Å². The number of nitrogens with zero attached hydrogens (tertiary/aromatic N) is 3. The van der Waals surface area contributed by atoms with Gasteiger partial charge in [-0.15, -0.1) is 11.3 Å². The predicted molar refractivity (Wildman–Crippen MR) is 59.7 cm³/mol. The van der Waals surface area contributed by atoms with Crippen molar-refractivity contribution in [1.82, 2.24) is 9.97 Å². The number of hydrogen-bond acceptors (Lipinski definition) is 4. The van der Waals surface area contributed by atoms with Crippen LogP contribution in [0.4, 0.5) is 5.82 Å². The molecule has 2 aromatic heterocycles. The van der Waals surface area contributed by atoms with E-state index in [9.17, 15) is 0 Å². The fraction of sp³-hybridized carbons (Fsp3) is 0.200. The highest BCUT2D eigenvalue weighted by Crippen LogP contribution is 2.19. The molecule has 0 aliphatic heterocycles. The van der Waals surface area contributed by atoms with E-state index < -0.39 is 0 Å². The Morgan fingerprint density at radius 1 is 1.21 bits per heavy atom. The lowest BCUT2D eigenvalue weighted by molar-refractivity contribution is 1.07. The zero-order valence-electron chi connectivity index (χ0n) is 8.14. The van der Waals surface area contributed by atoms with E-state index in [1.54, 1.807) is 11.3 Å². The first kappa shape index (κ1) is 9.15. The van der Waals surface area contributed by atoms with Crippen LogP contribution in [0.25, 0.3) is 11.3 Å². The van der Waals surface area contributed by atoms with Crippen LogP contribution in [0, 0.1) is 0 Å². The SMILES string of the molecule is CN(C)c1ccc(-c2cscn2)cn1. The second-order valence-corrected chi connectivity index (χ2v) is 3.89. The molecule has 14 heavy (non-hydrogen) atoms. The van der Waals surface area contributed by atoms with Crippen molar-refractivity contribution in [2.75, 3.05) is 19.0 Å². The zero-order valence-corrected chi connectivity index (χ0v) is 8.95. The molecular formula is C10H11N3S. The average molecular weight is 205 g/mol. The second-order valence-electron chi connectivity index (χ2n) is 3.17. The number of pyridine rings is 1. The molecule has 0 atom stereocenters. The number of thiazole rings is 1. The Balaban J connectivity index is 2.31. The standard InChI is InChI=1S/C10H11N3S/c1-13(2)10-4-3-8(5-11-10)9-6-14-7-12-9/h3-7H,1-2H3. The number of rotatable bonds is 2. The first-order valence-electron chi connectivity index (χ1n) is 4.29. The van der Waals surface area contributed by atoms with Crippen molar-refractivity contribution in [3.05, 3.63) is 29.2 Å². The van der Waals surface area contributed by atoms with E-state index in [0.29, 0.717) is 0 Å². The summed E-state index contributed by atoms with van der Waals surface area (Å²) >= 11 is 1.60. The van der Waals surface area contributed by atoms with E-state index in [1.165, 1.54) is 0 Å². The number of hydrogen-bond donors (Lipinski definition) is 0. The molecule has 2 heterocycles. The van der Waals surface area contributed by atoms with E-state index in [0.717, 1.165) is 17.1 Å². The van der Waals surface area contributed by atoms with Gasteiger partial charge in [0, 0.05) is 31.2 Å². The number of aromatic nitrogens is 2. The lowest BCUT2D eigenvalue weighted by atomic mass is 10.2. The molecule has 0 amide bonds. The van der Waals surface area contributed by atoms with Gasteiger partial charge >= 0.3 is 0 Å². The third-order valence-electron chi connectivity index (χ3n) is 1.93. The van der Waals surface area contributed by atoms with Gasteiger partial charge in [0.15, 0.2) is 0 Å². The van der Waals surface area contributed by atoms with Crippen LogP contribution in [0.15, 0.2) is 29.2 Å². The van der Waals surface area contributed by atoms with Crippen LogP contribution < -0.4 is 4.90 Å². The fourth-order valence-electron chi connectivity index (χ4n) is 1.16. The minimum absolute atomic E-state index is 0.962. The van der Waals surface area contributed by atoms with E-state index in [4.69, 9.17) is 0 Å². The highest BCUT2D eigenvalue weighted by atomic mass is 32.1. The Hall–Kier alpha value is -1.42. The van der Waals surface area contributed by atoms with Gasteiger partial charge in [0.2, 0.25) is 0 Å². The molecule has 0 N–H and O–H groups in total. The fourth-order valence-corrected chi connectivity index (χ4v) is 1.72. The molecule has 2 rings (SSSR count). The Morgan fingerprint density at radius 3 is 2.57 bits per heavy atom. The molecule has 0 aliphatic rings. The van der Waals surface area contributed by atoms with Gasteiger partial charge < -0.3 is 4.90 Å². The minimum atomic E-state index is 0.962. The van der Waals surface area contributed by atoms with Gasteiger partial charge in [0.1, 0.15) is 5.82 Å². The summed E-state index contributed by atoms with van der Waals surface area (Å²) in [5.74, 6) is 0.962. The van der Waals surface area contributed by atoms with Crippen molar-refractivity contribution in [3.8, 4) is 11.3 Å². The highest BCUT2D eigenvalue weighted by molar-refractivity contribution is 7.07. The van der Waals surface area contributed by atoms with Crippen molar-refractivity contribution in [2.24, 2.45) is 0 Å². The third kappa shape index (κ3) is 1.75. The highest BCUT2D eigenvalue weighted by Gasteiger charge is 2.01. The summed E-state index contributed by atoms with van der Waals surface area (Å²) < 4.78 is 0. The average Bonchev–Trinajstić information content (AvgIpc) is 2.71. The van der Waals surface area contributed by atoms with Crippen molar-refractivity contribution in [2.45, 2.75) is 0 Å². The number of anilines is 1. The molecule has 0 unspecified atom stereocenters. The van der Waals surface area contributed by atoms with E-state index in [1.807, 2.05) is 48.2 Å². The van der Waals surface area contributed by atoms with Gasteiger partial charge in [-0.25, -0.2) is 9.97 Å². The molecule has 0 aliphatic carbocycles. The molecule has 0 aromatic carbocycles. The summed E-state index contributed by atoms with van der Waals surface area (Å²) in [6.07, 6.45) is 1.85. The Kier molecular flexibility index (Phi) is 2.45. The van der Waals surface area contributed by atoms with Gasteiger partial charge in [-0.3, -0.25) is 0 Å². The minimum Gasteiger partial charge on any atom is -0.363 e. The smallest absolute Gasteiger partial charge is 0.127 e. The lowest BCUT2D eigenvalue weighted by Crippen LogP contribution is -2.09. The van der Waals surface area contributed by atoms with E-state index in [-0.39, 0.29) is 0 Å². The molecule has 0 fully saturated rings. The third-order valence-corrected chi connectivity index (χ3v) is 2.52. The Morgan fingerprint density at radius 2 is 2.07 bits per heavy atom. The Labute approximate surface area is 87.1 Å². The molecular weight excluding hydrogens is 194 g/mol. The topological polar surface area (TPSA) is 29.0 Å². The first-order valence-corrected chi connectivity index (χ1v) is 5.23. The monoisotopic (exact) mass is 205 g/mol. The molecule has 0 saturated carbocycles. The maximum atomic E-state index is 4.32. The van der Waals surface area contributed by atoms with E-state index in [2.05, 4.69) is 9.97 Å². The normalized spacial score (nSPS) is 10.1. The Bertz CT molecular complexity index is 392. The van der Waals surface area contributed by atoms with Gasteiger partial charge in [-0.2, -0.15) is 0 Å². The van der Waals surface area contributed by atoms with E-state index >= 15 is 0 Å². The van der Waals surface area contributed by atoms with Crippen molar-refractivity contribution < 1.29 is 0 Å². The predicted octanol–water partition coefficient (Wildman–Crippen LogP) is 2.27. The van der Waals surface area contributed by atoms with Gasteiger partial charge in [-0.05, 0) is 12.1 Å². The summed E-state index contributed by atoms with van der Waals surface area (Å²) in [7, 11) is 3.95. The second kappa shape index (κ2) is 3.75. The van der Waals surface area contributed by atoms with Crippen molar-refractivity contribution >= 4 is 17.2 Å². The van der Waals surface area contributed by atoms with Crippen molar-refractivity contribution in [3.63, 3.8) is 0 Å². The molecule has 0 radical (unpaired) electrons. The molecule has 4 heteroatoms. The van der Waals surface area contributed by atoms with Crippen LogP contribution in [-0.2, 0) is 0 Å². The first-order chi connectivity index (χ1) is 6.77. The molecule has 0 saturated heterocycles. The van der Waals surface area contributed by atoms with Crippen LogP contribution in [0.3, 0.4) is 0 Å². The van der Waals surface area contributed by atoms with Gasteiger partial charge in [0.25, 0.3) is 0 Å². The summed E-state index contributed by atoms with van der Waals surface area (Å²) in [6.45, 7) is 0. The maximum Gasteiger partial charge on any atom is 0.127 e. The summed E-state index contributed by atoms with van der Waals surface area (Å²) in [5, 5.41) is 2.02. The molecule has 2 aromatic rings. The molecule has 72 valence electrons.